The van der Waals surface area contributed by atoms with Gasteiger partial charge in [-0.2, -0.15) is 0 Å². The van der Waals surface area contributed by atoms with Gasteiger partial charge in [-0.05, 0) is 146 Å². The molecule has 0 spiro atoms. The van der Waals surface area contributed by atoms with Gasteiger partial charge in [0.25, 0.3) is 0 Å². The van der Waals surface area contributed by atoms with Gasteiger partial charge >= 0.3 is 71.6 Å². The van der Waals surface area contributed by atoms with E-state index < -0.39 is 214 Å². The summed E-state index contributed by atoms with van der Waals surface area (Å²) in [6.45, 7) is -3.14. The van der Waals surface area contributed by atoms with Crippen LogP contribution >= 0.6 is 22.6 Å². The molecule has 16 rings (SSSR count). The summed E-state index contributed by atoms with van der Waals surface area (Å²) < 4.78 is 125. The molecule has 0 saturated carbocycles. The van der Waals surface area contributed by atoms with Crippen molar-refractivity contribution in [1.82, 2.24) is 0 Å². The Morgan fingerprint density at radius 2 is 0.319 bits per heavy atom. The van der Waals surface area contributed by atoms with Gasteiger partial charge < -0.3 is 95.1 Å². The second kappa shape index (κ2) is 47.8. The summed E-state index contributed by atoms with van der Waals surface area (Å²) in [4.78, 5) is 180. The highest BCUT2D eigenvalue weighted by molar-refractivity contribution is 14.1. The maximum atomic E-state index is 15.4. The van der Waals surface area contributed by atoms with E-state index >= 15 is 28.8 Å². The fourth-order valence-corrected chi connectivity index (χ4v) is 16.5. The number of aliphatic hydroxyl groups excluding tert-OH is 1. The van der Waals surface area contributed by atoms with Crippen molar-refractivity contribution < 1.29 is 153 Å². The number of ether oxygens (including phenoxy) is 19. The zero-order chi connectivity index (χ0) is 98.1. The molecule has 4 saturated heterocycles. The van der Waals surface area contributed by atoms with Gasteiger partial charge in [0.15, 0.2) is 98.4 Å². The summed E-state index contributed by atoms with van der Waals surface area (Å²) in [6.07, 6.45) is -40.6. The van der Waals surface area contributed by atoms with E-state index in [9.17, 15) is 33.9 Å². The molecule has 141 heavy (non-hydrogen) atoms. The highest BCUT2D eigenvalue weighted by Crippen LogP contribution is 2.40. The number of hydrogen-bond acceptors (Lipinski definition) is 32. The Labute approximate surface area is 819 Å². The molecule has 0 radical (unpaired) electrons. The lowest BCUT2D eigenvalue weighted by atomic mass is 9.96. The number of carbonyl (C=O) groups excluding carboxylic acids is 12. The van der Waals surface area contributed by atoms with Crippen molar-refractivity contribution >= 4 is 94.2 Å². The van der Waals surface area contributed by atoms with Crippen LogP contribution in [0.4, 0.5) is 0 Å². The zero-order valence-corrected chi connectivity index (χ0v) is 76.7. The molecule has 12 aromatic rings. The van der Waals surface area contributed by atoms with Crippen molar-refractivity contribution in [2.24, 2.45) is 0 Å². The minimum atomic E-state index is -2.31. The van der Waals surface area contributed by atoms with Crippen LogP contribution < -0.4 is 0 Å². The summed E-state index contributed by atoms with van der Waals surface area (Å²) in [7, 11) is 0. The molecule has 4 fully saturated rings. The molecule has 0 aromatic heterocycles. The standard InChI is InChI=1S/C108H89IO32/c109-61-77-81(130-93(110)65-37-13-1-14-38-65)86(135-98(115)70-47-23-6-24-48-70)90(139-102(119)74-55-31-10-32-56-74)106(127-77)124-63-79-83(132-95(112)67-41-17-3-18-42-67)88(137-100(117)72-51-27-8-28-52-72)92(141-104(121)76-59-35-12-36-60-76)108(129-79)125-64-80-84(133-96(113)68-43-19-4-20-44-68)87(136-99(116)71-49-25-7-26-50-71)91(140-103(120)75-57-33-11-34-58-75)107(128-80)123-62-78-82(131-94(111)66-39-15-2-16-40-66)85(134-97(114)69-45-21-5-22-46-69)89(105(122)126-78)138-101(118)73-53-29-9-30-54-73/h1-60,77-92,105-108,122H,61-64H2/t77-,78-,79-,80-,81-,82-,83-,84-,85+,86+,87+,88+,89+,90+,91+,92+,105+,106+,107+,108+/m1/s1. The van der Waals surface area contributed by atoms with Gasteiger partial charge in [0.2, 0.25) is 0 Å². The van der Waals surface area contributed by atoms with Gasteiger partial charge in [0.05, 0.1) is 86.6 Å². The highest BCUT2D eigenvalue weighted by Gasteiger charge is 2.60. The first kappa shape index (κ1) is 98.7. The number of halogens is 1. The van der Waals surface area contributed by atoms with E-state index in [0.29, 0.717) is 0 Å². The molecule has 32 nitrogen and oxygen atoms in total. The van der Waals surface area contributed by atoms with Crippen molar-refractivity contribution in [2.45, 2.75) is 123 Å². The van der Waals surface area contributed by atoms with E-state index in [1.54, 1.807) is 109 Å². The second-order valence-electron chi connectivity index (χ2n) is 32.2. The third-order valence-electron chi connectivity index (χ3n) is 22.8. The Bertz CT molecular complexity index is 6240. The van der Waals surface area contributed by atoms with Gasteiger partial charge in [-0.15, -0.1) is 0 Å². The van der Waals surface area contributed by atoms with Gasteiger partial charge in [-0.3, -0.25) is 0 Å². The predicted octanol–water partition coefficient (Wildman–Crippen LogP) is 14.1. The molecule has 20 atom stereocenters. The quantitative estimate of drug-likeness (QED) is 0.0169. The number of esters is 12. The number of rotatable bonds is 34. The van der Waals surface area contributed by atoms with Crippen molar-refractivity contribution in [1.29, 1.82) is 0 Å². The summed E-state index contributed by atoms with van der Waals surface area (Å²) in [5.74, 6) is -13.1. The molecule has 0 amide bonds. The lowest BCUT2D eigenvalue weighted by Crippen LogP contribution is -2.66. The van der Waals surface area contributed by atoms with Gasteiger partial charge in [0.1, 0.15) is 24.4 Å². The van der Waals surface area contributed by atoms with Crippen LogP contribution in [-0.4, -0.2) is 224 Å². The first-order chi connectivity index (χ1) is 68.8. The van der Waals surface area contributed by atoms with E-state index in [0.717, 1.165) is 0 Å². The fourth-order valence-electron chi connectivity index (χ4n) is 15.8. The number of hydrogen-bond donors (Lipinski definition) is 1. The first-order valence-corrected chi connectivity index (χ1v) is 46.1. The number of aliphatic hydroxyl groups is 1. The average molecular weight is 2030 g/mol. The molecule has 33 heteroatoms. The average Bonchev–Trinajstić information content (AvgIpc) is 0.764. The molecule has 4 heterocycles. The van der Waals surface area contributed by atoms with Gasteiger partial charge in [-0.25, -0.2) is 57.5 Å². The van der Waals surface area contributed by atoms with Crippen LogP contribution in [0.5, 0.6) is 0 Å². The van der Waals surface area contributed by atoms with Crippen molar-refractivity contribution in [3.05, 3.63) is 431 Å². The first-order valence-electron chi connectivity index (χ1n) is 44.6. The minimum absolute atomic E-state index is 0.0000943. The van der Waals surface area contributed by atoms with Crippen molar-refractivity contribution in [3.8, 4) is 0 Å². The molecule has 0 unspecified atom stereocenters. The molecule has 4 aliphatic heterocycles. The van der Waals surface area contributed by atoms with Crippen molar-refractivity contribution in [2.75, 3.05) is 24.2 Å². The van der Waals surface area contributed by atoms with Gasteiger partial charge in [0, 0.05) is 4.43 Å². The summed E-state index contributed by atoms with van der Waals surface area (Å²) in [6, 6.07) is 89.9. The SMILES string of the molecule is O=C(O[C@@H]1[C@H](OC(=O)c2ccccc2)[C@@H](OC[C@H]2O[C@H](OC[C@H]3O[C@H](OC[C@H]4O[C@H](O)[C@@H](OC(=O)c5ccccc5)[C@@H](OC(=O)c5ccccc5)[C@@H]4OC(=O)c4ccccc4)[C@@H](OC(=O)c4ccccc4)[C@@H](OC(=O)c4ccccc4)[C@@H]3OC(=O)c3ccccc3)[C@@H](OC(=O)c3ccccc3)[C@@H](OC(=O)c3ccccc3)[C@@H]2OC(=O)c2ccccc2)O[C@H](CI)[C@H]1OC(=O)c1ccccc1)c1ccccc1. The van der Waals surface area contributed by atoms with Crippen LogP contribution in [-0.2, 0) is 90.0 Å². The zero-order valence-electron chi connectivity index (χ0n) is 74.5. The maximum Gasteiger partial charge on any atom is 0.338 e. The van der Waals surface area contributed by atoms with Crippen LogP contribution in [0.25, 0.3) is 0 Å². The van der Waals surface area contributed by atoms with E-state index in [-0.39, 0.29) is 71.2 Å². The Balaban J connectivity index is 0.837. The van der Waals surface area contributed by atoms with Crippen LogP contribution in [0.2, 0.25) is 0 Å². The summed E-state index contributed by atoms with van der Waals surface area (Å²) in [5.41, 5.74) is -0.879. The normalized spacial score (nSPS) is 24.0. The number of benzene rings is 12. The van der Waals surface area contributed by atoms with E-state index in [1.165, 1.54) is 255 Å². The van der Waals surface area contributed by atoms with Crippen LogP contribution in [0.3, 0.4) is 0 Å². The molecular weight excluding hydrogens is 1940 g/mol. The Hall–Kier alpha value is -15.3. The third-order valence-corrected chi connectivity index (χ3v) is 23.7. The van der Waals surface area contributed by atoms with Crippen LogP contribution in [0, 0.1) is 0 Å². The fraction of sp³-hybridized carbons (Fsp3) is 0.222. The molecule has 0 aliphatic carbocycles. The molecule has 12 aromatic carbocycles. The lowest BCUT2D eigenvalue weighted by Gasteiger charge is -2.47. The largest absolute Gasteiger partial charge is 0.452 e. The Morgan fingerprint density at radius 1 is 0.184 bits per heavy atom. The molecular formula is C108H89IO32. The Morgan fingerprint density at radius 3 is 0.496 bits per heavy atom. The molecule has 1 N–H and O–H groups in total. The smallest absolute Gasteiger partial charge is 0.338 e. The van der Waals surface area contributed by atoms with E-state index in [2.05, 4.69) is 0 Å². The van der Waals surface area contributed by atoms with E-state index in [1.807, 2.05) is 22.6 Å². The van der Waals surface area contributed by atoms with E-state index in [4.69, 9.17) is 90.0 Å². The maximum absolute atomic E-state index is 15.4. The summed E-state index contributed by atoms with van der Waals surface area (Å²) in [5, 5.41) is 12.5. The highest BCUT2D eigenvalue weighted by atomic mass is 127. The van der Waals surface area contributed by atoms with Crippen molar-refractivity contribution in [3.63, 3.8) is 0 Å². The summed E-state index contributed by atoms with van der Waals surface area (Å²) >= 11 is 1.95. The van der Waals surface area contributed by atoms with Crippen LogP contribution in [0.1, 0.15) is 124 Å². The molecule has 0 bridgehead atoms. The van der Waals surface area contributed by atoms with Crippen LogP contribution in [0.15, 0.2) is 364 Å². The third kappa shape index (κ3) is 25.1. The second-order valence-corrected chi connectivity index (χ2v) is 33.1. The molecule has 4 aliphatic rings. The Kier molecular flexibility index (Phi) is 33.5. The lowest BCUT2D eigenvalue weighted by molar-refractivity contribution is -0.342. The topological polar surface area (TPSA) is 400 Å². The minimum Gasteiger partial charge on any atom is -0.452 e. The monoisotopic (exact) mass is 2020 g/mol. The number of alkyl halides is 1. The molecule has 720 valence electrons. The predicted molar refractivity (Wildman–Crippen MR) is 501 cm³/mol. The van der Waals surface area contributed by atoms with Gasteiger partial charge in [-0.1, -0.05) is 241 Å². The number of carbonyl (C=O) groups is 12.